The Bertz CT molecular complexity index is 364. The van der Waals surface area contributed by atoms with Crippen molar-refractivity contribution in [2.45, 2.75) is 52.5 Å². The first kappa shape index (κ1) is 12.6. The molecule has 1 aromatic rings. The number of rotatable bonds is 6. The standard InChI is InChI=1S/C16H25N/c1-4-16(2,3)12-17-11-14-7-5-6-8-15(14)13-9-10-13/h5-8,13,17H,4,9-12H2,1-3H3. The maximum Gasteiger partial charge on any atom is 0.0208 e. The van der Waals surface area contributed by atoms with E-state index in [9.17, 15) is 0 Å². The van der Waals surface area contributed by atoms with Crippen LogP contribution in [0.15, 0.2) is 24.3 Å². The van der Waals surface area contributed by atoms with Crippen LogP contribution >= 0.6 is 0 Å². The third-order valence-corrected chi connectivity index (χ3v) is 3.95. The molecule has 1 aliphatic carbocycles. The molecule has 0 atom stereocenters. The normalized spacial score (nSPS) is 16.2. The van der Waals surface area contributed by atoms with Crippen LogP contribution in [0.5, 0.6) is 0 Å². The molecule has 1 fully saturated rings. The zero-order valence-corrected chi connectivity index (χ0v) is 11.4. The largest absolute Gasteiger partial charge is 0.312 e. The Balaban J connectivity index is 1.90. The zero-order valence-electron chi connectivity index (χ0n) is 11.4. The first-order valence-corrected chi connectivity index (χ1v) is 6.91. The van der Waals surface area contributed by atoms with Gasteiger partial charge >= 0.3 is 0 Å². The number of benzene rings is 1. The van der Waals surface area contributed by atoms with Crippen molar-refractivity contribution in [2.75, 3.05) is 6.54 Å². The monoisotopic (exact) mass is 231 g/mol. The molecule has 0 radical (unpaired) electrons. The van der Waals surface area contributed by atoms with Gasteiger partial charge in [-0.1, -0.05) is 45.0 Å². The average molecular weight is 231 g/mol. The van der Waals surface area contributed by atoms with Gasteiger partial charge in [0, 0.05) is 13.1 Å². The predicted octanol–water partition coefficient (Wildman–Crippen LogP) is 4.09. The molecule has 2 rings (SSSR count). The van der Waals surface area contributed by atoms with Crippen LogP contribution in [0.1, 0.15) is 57.1 Å². The molecule has 0 spiro atoms. The molecule has 1 heteroatoms. The molecule has 0 unspecified atom stereocenters. The highest BCUT2D eigenvalue weighted by Crippen LogP contribution is 2.41. The van der Waals surface area contributed by atoms with Crippen LogP contribution in [0.3, 0.4) is 0 Å². The third-order valence-electron chi connectivity index (χ3n) is 3.95. The number of nitrogens with one attached hydrogen (secondary N) is 1. The van der Waals surface area contributed by atoms with Gasteiger partial charge < -0.3 is 5.32 Å². The van der Waals surface area contributed by atoms with Crippen molar-refractivity contribution >= 4 is 0 Å². The summed E-state index contributed by atoms with van der Waals surface area (Å²) in [5, 5.41) is 3.62. The van der Waals surface area contributed by atoms with Gasteiger partial charge in [0.15, 0.2) is 0 Å². The highest BCUT2D eigenvalue weighted by atomic mass is 14.9. The molecule has 0 amide bonds. The van der Waals surface area contributed by atoms with Crippen molar-refractivity contribution in [3.05, 3.63) is 35.4 Å². The van der Waals surface area contributed by atoms with Crippen molar-refractivity contribution in [1.82, 2.24) is 5.32 Å². The van der Waals surface area contributed by atoms with E-state index in [4.69, 9.17) is 0 Å². The Morgan fingerprint density at radius 3 is 2.59 bits per heavy atom. The van der Waals surface area contributed by atoms with Crippen molar-refractivity contribution < 1.29 is 0 Å². The van der Waals surface area contributed by atoms with Gasteiger partial charge in [0.2, 0.25) is 0 Å². The third kappa shape index (κ3) is 3.57. The second-order valence-electron chi connectivity index (χ2n) is 6.09. The molecular formula is C16H25N. The summed E-state index contributed by atoms with van der Waals surface area (Å²) in [7, 11) is 0. The Morgan fingerprint density at radius 2 is 1.94 bits per heavy atom. The van der Waals surface area contributed by atoms with Gasteiger partial charge in [-0.3, -0.25) is 0 Å². The fourth-order valence-electron chi connectivity index (χ4n) is 2.15. The van der Waals surface area contributed by atoms with E-state index in [1.54, 1.807) is 5.56 Å². The maximum atomic E-state index is 3.62. The minimum absolute atomic E-state index is 0.411. The molecule has 0 saturated heterocycles. The van der Waals surface area contributed by atoms with Crippen LogP contribution in [-0.4, -0.2) is 6.54 Å². The molecule has 1 aliphatic rings. The molecule has 0 bridgehead atoms. The maximum absolute atomic E-state index is 3.62. The van der Waals surface area contributed by atoms with E-state index in [-0.39, 0.29) is 0 Å². The van der Waals surface area contributed by atoms with Crippen LogP contribution in [-0.2, 0) is 6.54 Å². The van der Waals surface area contributed by atoms with E-state index in [1.165, 1.54) is 24.8 Å². The Morgan fingerprint density at radius 1 is 1.24 bits per heavy atom. The van der Waals surface area contributed by atoms with Crippen molar-refractivity contribution in [1.29, 1.82) is 0 Å². The molecule has 1 saturated carbocycles. The summed E-state index contributed by atoms with van der Waals surface area (Å²) in [4.78, 5) is 0. The molecular weight excluding hydrogens is 206 g/mol. The van der Waals surface area contributed by atoms with E-state index < -0.39 is 0 Å². The summed E-state index contributed by atoms with van der Waals surface area (Å²) in [5.74, 6) is 0.854. The highest BCUT2D eigenvalue weighted by molar-refractivity contribution is 5.33. The van der Waals surface area contributed by atoms with Crippen molar-refractivity contribution in [3.63, 3.8) is 0 Å². The lowest BCUT2D eigenvalue weighted by molar-refractivity contribution is 0.327. The fraction of sp³-hybridized carbons (Fsp3) is 0.625. The van der Waals surface area contributed by atoms with Gasteiger partial charge in [-0.2, -0.15) is 0 Å². The first-order valence-electron chi connectivity index (χ1n) is 6.91. The first-order chi connectivity index (χ1) is 8.12. The van der Waals surface area contributed by atoms with E-state index in [1.807, 2.05) is 0 Å². The van der Waals surface area contributed by atoms with Crippen LogP contribution in [0, 0.1) is 5.41 Å². The summed E-state index contributed by atoms with van der Waals surface area (Å²) in [6.07, 6.45) is 4.00. The SMILES string of the molecule is CCC(C)(C)CNCc1ccccc1C1CC1. The van der Waals surface area contributed by atoms with Crippen molar-refractivity contribution in [2.24, 2.45) is 5.41 Å². The van der Waals surface area contributed by atoms with Gasteiger partial charge in [-0.25, -0.2) is 0 Å². The van der Waals surface area contributed by atoms with Crippen molar-refractivity contribution in [3.8, 4) is 0 Å². The summed E-state index contributed by atoms with van der Waals surface area (Å²) in [6, 6.07) is 8.92. The Kier molecular flexibility index (Phi) is 3.88. The smallest absolute Gasteiger partial charge is 0.0208 e. The topological polar surface area (TPSA) is 12.0 Å². The zero-order chi connectivity index (χ0) is 12.3. The predicted molar refractivity (Wildman–Crippen MR) is 74.2 cm³/mol. The molecule has 0 heterocycles. The summed E-state index contributed by atoms with van der Waals surface area (Å²) >= 11 is 0. The van der Waals surface area contributed by atoms with Gasteiger partial charge in [-0.15, -0.1) is 0 Å². The number of hydrogen-bond donors (Lipinski definition) is 1. The quantitative estimate of drug-likeness (QED) is 0.777. The molecule has 1 nitrogen and oxygen atoms in total. The number of hydrogen-bond acceptors (Lipinski definition) is 1. The van der Waals surface area contributed by atoms with E-state index in [0.29, 0.717) is 5.41 Å². The Labute approximate surface area is 106 Å². The lowest BCUT2D eigenvalue weighted by Crippen LogP contribution is -2.28. The van der Waals surface area contributed by atoms with E-state index in [2.05, 4.69) is 50.4 Å². The average Bonchev–Trinajstić information content (AvgIpc) is 3.14. The lowest BCUT2D eigenvalue weighted by atomic mass is 9.90. The minimum Gasteiger partial charge on any atom is -0.312 e. The summed E-state index contributed by atoms with van der Waals surface area (Å²) in [6.45, 7) is 9.04. The van der Waals surface area contributed by atoms with E-state index >= 15 is 0 Å². The van der Waals surface area contributed by atoms with E-state index in [0.717, 1.165) is 19.0 Å². The molecule has 0 aromatic heterocycles. The summed E-state index contributed by atoms with van der Waals surface area (Å²) in [5.41, 5.74) is 3.49. The molecule has 17 heavy (non-hydrogen) atoms. The van der Waals surface area contributed by atoms with Gasteiger partial charge in [0.1, 0.15) is 0 Å². The van der Waals surface area contributed by atoms with Gasteiger partial charge in [0.05, 0.1) is 0 Å². The Hall–Kier alpha value is -0.820. The van der Waals surface area contributed by atoms with Crippen LogP contribution < -0.4 is 5.32 Å². The molecule has 0 aliphatic heterocycles. The summed E-state index contributed by atoms with van der Waals surface area (Å²) < 4.78 is 0. The highest BCUT2D eigenvalue weighted by Gasteiger charge is 2.25. The van der Waals surface area contributed by atoms with Gasteiger partial charge in [0.25, 0.3) is 0 Å². The van der Waals surface area contributed by atoms with Crippen LogP contribution in [0.4, 0.5) is 0 Å². The second kappa shape index (κ2) is 5.22. The van der Waals surface area contributed by atoms with Gasteiger partial charge in [-0.05, 0) is 41.7 Å². The minimum atomic E-state index is 0.411. The van der Waals surface area contributed by atoms with Crippen LogP contribution in [0.2, 0.25) is 0 Å². The molecule has 94 valence electrons. The second-order valence-corrected chi connectivity index (χ2v) is 6.09. The molecule has 1 aromatic carbocycles. The van der Waals surface area contributed by atoms with Crippen LogP contribution in [0.25, 0.3) is 0 Å². The molecule has 1 N–H and O–H groups in total. The fourth-order valence-corrected chi connectivity index (χ4v) is 2.15. The lowest BCUT2D eigenvalue weighted by Gasteiger charge is -2.23.